The molecule has 2 aromatic rings. The standard InChI is InChI=1S/C30H37ClFN5O4/c1-6-23(38)35-11-12-36-20(16-35)18-41-27-24(29(36)39)28(33-26(25(27)31)21-9-7-8-10-22(21)32)37-17-19(15-30(37,2)3)34(4)13-14-40-5/h6-10,19-20H,1,11-18H2,2-5H3/t19?,20-/m1/s1. The van der Waals surface area contributed by atoms with Gasteiger partial charge in [0.25, 0.3) is 5.91 Å². The van der Waals surface area contributed by atoms with Crippen LogP contribution in [0, 0.1) is 5.82 Å². The molecule has 9 nitrogen and oxygen atoms in total. The van der Waals surface area contributed by atoms with Gasteiger partial charge in [0.15, 0.2) is 5.75 Å². The van der Waals surface area contributed by atoms with E-state index in [0.717, 1.165) is 13.0 Å². The number of hydrogen-bond donors (Lipinski definition) is 0. The quantitative estimate of drug-likeness (QED) is 0.459. The zero-order chi connectivity index (χ0) is 29.5. The van der Waals surface area contributed by atoms with Crippen molar-refractivity contribution in [2.45, 2.75) is 37.9 Å². The number of ether oxygens (including phenoxy) is 2. The Labute approximate surface area is 245 Å². The highest BCUT2D eigenvalue weighted by Crippen LogP contribution is 2.47. The summed E-state index contributed by atoms with van der Waals surface area (Å²) in [6.07, 6.45) is 2.10. The fourth-order valence-electron chi connectivity index (χ4n) is 6.10. The predicted octanol–water partition coefficient (Wildman–Crippen LogP) is 3.71. The highest BCUT2D eigenvalue weighted by atomic mass is 35.5. The number of aromatic nitrogens is 1. The summed E-state index contributed by atoms with van der Waals surface area (Å²) in [6, 6.07) is 6.10. The number of piperazine rings is 1. The van der Waals surface area contributed by atoms with Gasteiger partial charge < -0.3 is 24.2 Å². The summed E-state index contributed by atoms with van der Waals surface area (Å²) in [5.41, 5.74) is 0.345. The smallest absolute Gasteiger partial charge is 0.261 e. The molecule has 1 aromatic carbocycles. The van der Waals surface area contributed by atoms with E-state index in [4.69, 9.17) is 26.1 Å². The molecule has 0 saturated carbocycles. The molecule has 3 aliphatic rings. The van der Waals surface area contributed by atoms with Gasteiger partial charge in [0.1, 0.15) is 28.8 Å². The molecule has 5 rings (SSSR count). The van der Waals surface area contributed by atoms with Crippen molar-refractivity contribution >= 4 is 29.2 Å². The van der Waals surface area contributed by atoms with E-state index in [2.05, 4.69) is 37.3 Å². The average molecular weight is 586 g/mol. The minimum atomic E-state index is -0.471. The molecule has 0 spiro atoms. The number of hydrogen-bond acceptors (Lipinski definition) is 7. The van der Waals surface area contributed by atoms with Crippen LogP contribution in [0.3, 0.4) is 0 Å². The number of fused-ring (bicyclic) bond motifs is 2. The maximum Gasteiger partial charge on any atom is 0.261 e. The van der Waals surface area contributed by atoms with Crippen molar-refractivity contribution in [1.29, 1.82) is 0 Å². The van der Waals surface area contributed by atoms with Crippen LogP contribution in [-0.4, -0.2) is 109 Å². The Hall–Kier alpha value is -3.21. The summed E-state index contributed by atoms with van der Waals surface area (Å²) in [7, 11) is 3.74. The predicted molar refractivity (Wildman–Crippen MR) is 156 cm³/mol. The van der Waals surface area contributed by atoms with Crippen molar-refractivity contribution in [3.05, 3.63) is 53.3 Å². The van der Waals surface area contributed by atoms with E-state index in [9.17, 15) is 9.59 Å². The van der Waals surface area contributed by atoms with Gasteiger partial charge in [-0.05, 0) is 45.5 Å². The van der Waals surface area contributed by atoms with Crippen molar-refractivity contribution in [2.24, 2.45) is 0 Å². The van der Waals surface area contributed by atoms with Gasteiger partial charge >= 0.3 is 0 Å². The number of nitrogens with zero attached hydrogens (tertiary/aromatic N) is 5. The number of amides is 2. The molecule has 11 heteroatoms. The highest BCUT2D eigenvalue weighted by molar-refractivity contribution is 6.35. The topological polar surface area (TPSA) is 78.5 Å². The molecule has 2 saturated heterocycles. The maximum absolute atomic E-state index is 15.1. The molecular weight excluding hydrogens is 549 g/mol. The lowest BCUT2D eigenvalue weighted by Gasteiger charge is -2.40. The Morgan fingerprint density at radius 2 is 2.07 bits per heavy atom. The van der Waals surface area contributed by atoms with Gasteiger partial charge in [-0.1, -0.05) is 30.3 Å². The van der Waals surface area contributed by atoms with E-state index in [-0.39, 0.29) is 63.6 Å². The maximum atomic E-state index is 15.1. The summed E-state index contributed by atoms with van der Waals surface area (Å²) in [4.78, 5) is 39.4. The molecule has 2 amide bonds. The molecule has 0 bridgehead atoms. The van der Waals surface area contributed by atoms with Gasteiger partial charge in [-0.3, -0.25) is 14.5 Å². The van der Waals surface area contributed by atoms with E-state index >= 15 is 4.39 Å². The Morgan fingerprint density at radius 1 is 1.32 bits per heavy atom. The van der Waals surface area contributed by atoms with Crippen LogP contribution >= 0.6 is 11.6 Å². The van der Waals surface area contributed by atoms with E-state index in [1.165, 1.54) is 12.1 Å². The van der Waals surface area contributed by atoms with Gasteiger partial charge in [-0.15, -0.1) is 0 Å². The van der Waals surface area contributed by atoms with Crippen LogP contribution < -0.4 is 9.64 Å². The Kier molecular flexibility index (Phi) is 8.27. The monoisotopic (exact) mass is 585 g/mol. The lowest BCUT2D eigenvalue weighted by molar-refractivity contribution is -0.128. The molecule has 41 heavy (non-hydrogen) atoms. The molecule has 3 aliphatic heterocycles. The van der Waals surface area contributed by atoms with Crippen molar-refractivity contribution in [1.82, 2.24) is 19.7 Å². The fourth-order valence-corrected chi connectivity index (χ4v) is 6.39. The first-order valence-electron chi connectivity index (χ1n) is 13.9. The summed E-state index contributed by atoms with van der Waals surface area (Å²) in [6.45, 7) is 11.0. The van der Waals surface area contributed by atoms with E-state index in [0.29, 0.717) is 38.6 Å². The number of benzene rings is 1. The normalized spacial score (nSPS) is 21.8. The van der Waals surface area contributed by atoms with E-state index in [1.54, 1.807) is 35.1 Å². The number of pyridine rings is 1. The summed E-state index contributed by atoms with van der Waals surface area (Å²) in [5, 5.41) is 0.0897. The van der Waals surface area contributed by atoms with E-state index in [1.807, 2.05) is 0 Å². The van der Waals surface area contributed by atoms with Crippen LogP contribution in [0.5, 0.6) is 5.75 Å². The molecule has 2 fully saturated rings. The fraction of sp³-hybridized carbons (Fsp3) is 0.500. The van der Waals surface area contributed by atoms with Crippen LogP contribution in [0.15, 0.2) is 36.9 Å². The van der Waals surface area contributed by atoms with Gasteiger partial charge in [0, 0.05) is 57.0 Å². The second-order valence-electron chi connectivity index (χ2n) is 11.5. The first kappa shape index (κ1) is 29.3. The van der Waals surface area contributed by atoms with Gasteiger partial charge in [0.2, 0.25) is 5.91 Å². The molecule has 0 N–H and O–H groups in total. The summed E-state index contributed by atoms with van der Waals surface area (Å²) in [5.74, 6) is -0.303. The lowest BCUT2D eigenvalue weighted by atomic mass is 9.98. The zero-order valence-corrected chi connectivity index (χ0v) is 24.8. The Bertz CT molecular complexity index is 1350. The number of likely N-dealkylation sites (N-methyl/N-ethyl adjacent to an activating group) is 1. The summed E-state index contributed by atoms with van der Waals surface area (Å²) >= 11 is 6.91. The SMILES string of the molecule is C=CC(=O)N1CCN2C(=O)c3c(N4CC(N(C)CCOC)CC4(C)C)nc(-c4ccccc4F)c(Cl)c3OC[C@H]2C1. The Balaban J connectivity index is 1.63. The second kappa shape index (κ2) is 11.6. The van der Waals surface area contributed by atoms with E-state index < -0.39 is 5.82 Å². The number of rotatable bonds is 7. The summed E-state index contributed by atoms with van der Waals surface area (Å²) < 4.78 is 26.7. The van der Waals surface area contributed by atoms with Crippen LogP contribution in [0.2, 0.25) is 5.02 Å². The first-order valence-corrected chi connectivity index (χ1v) is 14.3. The van der Waals surface area contributed by atoms with Crippen molar-refractivity contribution < 1.29 is 23.5 Å². The van der Waals surface area contributed by atoms with Crippen molar-refractivity contribution in [3.63, 3.8) is 0 Å². The number of carbonyl (C=O) groups is 2. The minimum Gasteiger partial charge on any atom is -0.489 e. The van der Waals surface area contributed by atoms with Crippen LogP contribution in [0.4, 0.5) is 10.2 Å². The lowest BCUT2D eigenvalue weighted by Crippen LogP contribution is -2.57. The van der Waals surface area contributed by atoms with Crippen LogP contribution in [0.25, 0.3) is 11.3 Å². The molecule has 220 valence electrons. The van der Waals surface area contributed by atoms with Crippen molar-refractivity contribution in [2.75, 3.05) is 65.0 Å². The minimum absolute atomic E-state index is 0.0897. The molecular formula is C30H37ClFN5O4. The van der Waals surface area contributed by atoms with Crippen molar-refractivity contribution in [3.8, 4) is 17.0 Å². The second-order valence-corrected chi connectivity index (χ2v) is 11.9. The zero-order valence-electron chi connectivity index (χ0n) is 24.0. The molecule has 4 heterocycles. The highest BCUT2D eigenvalue weighted by Gasteiger charge is 2.46. The molecule has 1 unspecified atom stereocenters. The van der Waals surface area contributed by atoms with Crippen LogP contribution in [-0.2, 0) is 9.53 Å². The third-order valence-electron chi connectivity index (χ3n) is 8.45. The Morgan fingerprint density at radius 3 is 2.78 bits per heavy atom. The first-order chi connectivity index (χ1) is 19.6. The van der Waals surface area contributed by atoms with Gasteiger partial charge in [-0.25, -0.2) is 9.37 Å². The van der Waals surface area contributed by atoms with Gasteiger partial charge in [0.05, 0.1) is 18.3 Å². The number of carbonyl (C=O) groups excluding carboxylic acids is 2. The average Bonchev–Trinajstić information content (AvgIpc) is 3.20. The number of anilines is 1. The molecule has 0 radical (unpaired) electrons. The third kappa shape index (κ3) is 5.40. The number of methoxy groups -OCH3 is 1. The molecule has 2 atom stereocenters. The van der Waals surface area contributed by atoms with Gasteiger partial charge in [-0.2, -0.15) is 0 Å². The molecule has 1 aromatic heterocycles. The molecule has 0 aliphatic carbocycles. The van der Waals surface area contributed by atoms with Crippen LogP contribution in [0.1, 0.15) is 30.6 Å². The largest absolute Gasteiger partial charge is 0.489 e. The third-order valence-corrected chi connectivity index (χ3v) is 8.81. The number of halogens is 2.